The first-order valence-electron chi connectivity index (χ1n) is 13.1. The summed E-state index contributed by atoms with van der Waals surface area (Å²) >= 11 is 0. The highest BCUT2D eigenvalue weighted by molar-refractivity contribution is 6.09. The van der Waals surface area contributed by atoms with E-state index in [9.17, 15) is 33.1 Å². The van der Waals surface area contributed by atoms with Crippen LogP contribution in [0.1, 0.15) is 42.7 Å². The van der Waals surface area contributed by atoms with Gasteiger partial charge in [-0.05, 0) is 42.5 Å². The number of aromatic nitrogens is 1. The molecule has 5 rings (SSSR count). The number of halogens is 2. The minimum atomic E-state index is -1.18. The fourth-order valence-electron chi connectivity index (χ4n) is 5.93. The van der Waals surface area contributed by atoms with Crippen LogP contribution < -0.4 is 5.32 Å². The van der Waals surface area contributed by atoms with E-state index >= 15 is 0 Å². The van der Waals surface area contributed by atoms with E-state index in [4.69, 9.17) is 0 Å². The maximum atomic E-state index is 14.3. The predicted octanol–water partition coefficient (Wildman–Crippen LogP) is 2.99. The van der Waals surface area contributed by atoms with Crippen LogP contribution in [-0.2, 0) is 19.8 Å². The number of aliphatic hydroxyl groups is 1. The minimum Gasteiger partial charge on any atom is -0.389 e. The van der Waals surface area contributed by atoms with Gasteiger partial charge in [0.1, 0.15) is 30.0 Å². The van der Waals surface area contributed by atoms with E-state index in [2.05, 4.69) is 10.3 Å². The number of fused-ring (bicyclic) bond motifs is 3. The smallest absolute Gasteiger partial charge is 0.270 e. The van der Waals surface area contributed by atoms with Crippen molar-refractivity contribution in [2.75, 3.05) is 25.5 Å². The lowest BCUT2D eigenvalue weighted by Gasteiger charge is -2.34. The lowest BCUT2D eigenvalue weighted by Crippen LogP contribution is -2.53. The molecule has 0 aliphatic carbocycles. The largest absolute Gasteiger partial charge is 0.389 e. The van der Waals surface area contributed by atoms with E-state index in [1.807, 2.05) is 13.8 Å². The summed E-state index contributed by atoms with van der Waals surface area (Å²) in [7, 11) is 1.43. The second-order valence-electron chi connectivity index (χ2n) is 11.0. The summed E-state index contributed by atoms with van der Waals surface area (Å²) in [6.45, 7) is 2.84. The molecule has 40 heavy (non-hydrogen) atoms. The lowest BCUT2D eigenvalue weighted by atomic mass is 9.79. The van der Waals surface area contributed by atoms with Crippen LogP contribution >= 0.6 is 0 Å². The van der Waals surface area contributed by atoms with Gasteiger partial charge in [-0.3, -0.25) is 19.2 Å². The van der Waals surface area contributed by atoms with Gasteiger partial charge in [0.25, 0.3) is 5.91 Å². The Hall–Kier alpha value is -4.12. The second-order valence-corrected chi connectivity index (χ2v) is 11.0. The molecule has 0 bridgehead atoms. The van der Waals surface area contributed by atoms with E-state index in [0.717, 1.165) is 12.1 Å². The van der Waals surface area contributed by atoms with Crippen molar-refractivity contribution in [3.8, 4) is 0 Å². The monoisotopic (exact) mass is 552 g/mol. The Kier molecular flexibility index (Phi) is 6.95. The molecule has 0 unspecified atom stereocenters. The molecule has 1 saturated heterocycles. The number of carbonyl (C=O) groups excluding carboxylic acids is 4. The van der Waals surface area contributed by atoms with Crippen LogP contribution in [0.3, 0.4) is 0 Å². The first-order valence-corrected chi connectivity index (χ1v) is 13.1. The second kappa shape index (κ2) is 10.1. The van der Waals surface area contributed by atoms with Gasteiger partial charge in [0.05, 0.1) is 17.0 Å². The zero-order valence-electron chi connectivity index (χ0n) is 22.3. The zero-order valence-corrected chi connectivity index (χ0v) is 22.3. The Balaban J connectivity index is 1.50. The molecule has 1 fully saturated rings. The number of likely N-dealkylation sites (N-methyl/N-ethyl adjacent to an activating group) is 1. The van der Waals surface area contributed by atoms with Gasteiger partial charge in [0, 0.05) is 30.7 Å². The molecule has 3 heterocycles. The van der Waals surface area contributed by atoms with E-state index in [-0.39, 0.29) is 47.8 Å². The van der Waals surface area contributed by atoms with Crippen molar-refractivity contribution in [1.82, 2.24) is 14.8 Å². The average molecular weight is 553 g/mol. The van der Waals surface area contributed by atoms with Crippen molar-refractivity contribution in [2.45, 2.75) is 44.2 Å². The SMILES string of the molecule is CC(C)C[C@@H](C(=O)N1C[C@]2(C[C@H]1C(=O)CO)C(=O)Nc1ccccc12)N(C)C(=O)c1cc2c(F)cc(F)cc2[nH]1. The van der Waals surface area contributed by atoms with Gasteiger partial charge in [0.2, 0.25) is 11.8 Å². The van der Waals surface area contributed by atoms with E-state index in [1.165, 1.54) is 22.9 Å². The van der Waals surface area contributed by atoms with E-state index in [0.29, 0.717) is 11.3 Å². The topological polar surface area (TPSA) is 123 Å². The summed E-state index contributed by atoms with van der Waals surface area (Å²) in [6, 6.07) is 8.03. The van der Waals surface area contributed by atoms with Crippen molar-refractivity contribution in [3.63, 3.8) is 0 Å². The number of ketones is 1. The Morgan fingerprint density at radius 3 is 2.60 bits per heavy atom. The number of H-pyrrole nitrogens is 1. The van der Waals surface area contributed by atoms with E-state index in [1.54, 1.807) is 24.3 Å². The number of anilines is 1. The van der Waals surface area contributed by atoms with Crippen LogP contribution in [0.5, 0.6) is 0 Å². The van der Waals surface area contributed by atoms with Crippen molar-refractivity contribution in [1.29, 1.82) is 0 Å². The molecule has 210 valence electrons. The quantitative estimate of drug-likeness (QED) is 0.416. The van der Waals surface area contributed by atoms with Gasteiger partial charge >= 0.3 is 0 Å². The Labute approximate surface area is 229 Å². The fourth-order valence-corrected chi connectivity index (χ4v) is 5.93. The van der Waals surface area contributed by atoms with Crippen LogP contribution in [0, 0.1) is 17.6 Å². The number of likely N-dealkylation sites (tertiary alicyclic amines) is 1. The highest BCUT2D eigenvalue weighted by Crippen LogP contribution is 2.47. The van der Waals surface area contributed by atoms with Crippen molar-refractivity contribution in [3.05, 3.63) is 65.4 Å². The van der Waals surface area contributed by atoms with Crippen molar-refractivity contribution in [2.24, 2.45) is 5.92 Å². The molecule has 1 aromatic heterocycles. The van der Waals surface area contributed by atoms with Crippen LogP contribution in [0.2, 0.25) is 0 Å². The number of benzene rings is 2. The molecular weight excluding hydrogens is 522 g/mol. The number of rotatable bonds is 7. The van der Waals surface area contributed by atoms with Gasteiger partial charge in [-0.2, -0.15) is 0 Å². The number of Topliss-reactive ketones (excluding diaryl/α,β-unsaturated/α-hetero) is 1. The van der Waals surface area contributed by atoms with Gasteiger partial charge in [-0.1, -0.05) is 32.0 Å². The number of nitrogens with zero attached hydrogens (tertiary/aromatic N) is 2. The first-order chi connectivity index (χ1) is 19.0. The Morgan fingerprint density at radius 2 is 1.90 bits per heavy atom. The fraction of sp³-hybridized carbons (Fsp3) is 0.379. The maximum absolute atomic E-state index is 14.3. The van der Waals surface area contributed by atoms with Gasteiger partial charge in [-0.25, -0.2) is 8.78 Å². The number of nitrogens with one attached hydrogen (secondary N) is 2. The number of aliphatic hydroxyl groups excluding tert-OH is 1. The third kappa shape index (κ3) is 4.43. The average Bonchev–Trinajstić information content (AvgIpc) is 3.60. The summed E-state index contributed by atoms with van der Waals surface area (Å²) < 4.78 is 28.0. The van der Waals surface area contributed by atoms with Gasteiger partial charge in [-0.15, -0.1) is 0 Å². The summed E-state index contributed by atoms with van der Waals surface area (Å²) in [6.07, 6.45) is 0.233. The molecule has 0 radical (unpaired) electrons. The lowest BCUT2D eigenvalue weighted by molar-refractivity contribution is -0.142. The summed E-state index contributed by atoms with van der Waals surface area (Å²) in [5, 5.41) is 12.6. The number of hydrogen-bond acceptors (Lipinski definition) is 5. The van der Waals surface area contributed by atoms with Gasteiger partial charge in [0.15, 0.2) is 5.78 Å². The van der Waals surface area contributed by atoms with Crippen LogP contribution in [0.25, 0.3) is 10.9 Å². The molecule has 11 heteroatoms. The summed E-state index contributed by atoms with van der Waals surface area (Å²) in [5.74, 6) is -3.78. The zero-order chi connectivity index (χ0) is 28.9. The van der Waals surface area contributed by atoms with E-state index < -0.39 is 53.3 Å². The molecule has 3 atom stereocenters. The molecule has 1 spiro atoms. The number of hydrogen-bond donors (Lipinski definition) is 3. The number of amides is 3. The molecule has 2 aromatic carbocycles. The molecule has 3 aromatic rings. The highest BCUT2D eigenvalue weighted by Gasteiger charge is 2.57. The molecular formula is C29H30F2N4O5. The highest BCUT2D eigenvalue weighted by atomic mass is 19.1. The third-order valence-electron chi connectivity index (χ3n) is 7.94. The van der Waals surface area contributed by atoms with Crippen LogP contribution in [0.15, 0.2) is 42.5 Å². The molecule has 3 amide bonds. The number of para-hydroxylation sites is 1. The van der Waals surface area contributed by atoms with Gasteiger partial charge < -0.3 is 25.2 Å². The normalized spacial score (nSPS) is 20.7. The van der Waals surface area contributed by atoms with Crippen molar-refractivity contribution >= 4 is 40.1 Å². The molecule has 9 nitrogen and oxygen atoms in total. The minimum absolute atomic E-state index is 0.000101. The molecule has 2 aliphatic heterocycles. The molecule has 2 aliphatic rings. The number of aromatic amines is 1. The van der Waals surface area contributed by atoms with Crippen LogP contribution in [0.4, 0.5) is 14.5 Å². The Morgan fingerprint density at radius 1 is 1.18 bits per heavy atom. The van der Waals surface area contributed by atoms with Crippen molar-refractivity contribution < 1.29 is 33.1 Å². The Bertz CT molecular complexity index is 1540. The molecule has 3 N–H and O–H groups in total. The third-order valence-corrected chi connectivity index (χ3v) is 7.94. The molecule has 0 saturated carbocycles. The standard InChI is InChI=1S/C29H30F2N4O5/c1-15(2)8-23(34(3)26(38)22-11-17-19(31)9-16(30)10-21(17)32-22)27(39)35-14-29(12-24(35)25(37)13-36)18-6-4-5-7-20(18)33-28(29)40/h4-7,9-11,15,23-24,32,36H,8,12-14H2,1-3H3,(H,33,40)/t23-,24-,29-/m0/s1. The number of carbonyl (C=O) groups is 4. The maximum Gasteiger partial charge on any atom is 0.270 e. The van der Waals surface area contributed by atoms with Crippen LogP contribution in [-0.4, -0.2) is 75.7 Å². The summed E-state index contributed by atoms with van der Waals surface area (Å²) in [4.78, 5) is 59.1. The predicted molar refractivity (Wildman–Crippen MR) is 143 cm³/mol. The first kappa shape index (κ1) is 27.4. The summed E-state index contributed by atoms with van der Waals surface area (Å²) in [5.41, 5.74) is 0.162.